The van der Waals surface area contributed by atoms with E-state index in [2.05, 4.69) is 5.10 Å². The van der Waals surface area contributed by atoms with Crippen LogP contribution in [0.3, 0.4) is 0 Å². The monoisotopic (exact) mass is 316 g/mol. The number of aromatic nitrogens is 2. The van der Waals surface area contributed by atoms with E-state index in [1.165, 1.54) is 16.8 Å². The Kier molecular flexibility index (Phi) is 3.73. The fourth-order valence-electron chi connectivity index (χ4n) is 2.27. The topological polar surface area (TPSA) is 34.9 Å². The fourth-order valence-corrected chi connectivity index (χ4v) is 2.27. The highest BCUT2D eigenvalue weighted by Crippen LogP contribution is 2.30. The number of alkyl halides is 3. The third kappa shape index (κ3) is 3.01. The lowest BCUT2D eigenvalue weighted by Crippen LogP contribution is -2.05. The van der Waals surface area contributed by atoms with E-state index in [-0.39, 0.29) is 0 Å². The molecule has 1 heterocycles. The molecule has 0 saturated carbocycles. The molecule has 0 saturated heterocycles. The van der Waals surface area contributed by atoms with Gasteiger partial charge in [0, 0.05) is 17.3 Å². The lowest BCUT2D eigenvalue weighted by Gasteiger charge is -2.07. The van der Waals surface area contributed by atoms with Crippen LogP contribution in [-0.4, -0.2) is 16.1 Å². The number of nitrogens with zero attached hydrogens (tertiary/aromatic N) is 2. The second kappa shape index (κ2) is 5.72. The summed E-state index contributed by atoms with van der Waals surface area (Å²) in [4.78, 5) is 11.1. The Hall–Kier alpha value is -2.89. The zero-order chi connectivity index (χ0) is 16.4. The van der Waals surface area contributed by atoms with Crippen molar-refractivity contribution in [3.8, 4) is 16.8 Å². The Morgan fingerprint density at radius 2 is 1.70 bits per heavy atom. The third-order valence-electron chi connectivity index (χ3n) is 3.44. The first kappa shape index (κ1) is 15.0. The van der Waals surface area contributed by atoms with Gasteiger partial charge in [0.1, 0.15) is 0 Å². The summed E-state index contributed by atoms with van der Waals surface area (Å²) < 4.78 is 39.2. The molecule has 0 radical (unpaired) electrons. The van der Waals surface area contributed by atoms with Crippen molar-refractivity contribution in [3.05, 3.63) is 72.1 Å². The summed E-state index contributed by atoms with van der Waals surface area (Å²) in [7, 11) is 0. The molecule has 0 N–H and O–H groups in total. The van der Waals surface area contributed by atoms with E-state index in [1.807, 2.05) is 0 Å². The molecule has 0 aliphatic rings. The first-order chi connectivity index (χ1) is 11.0. The Bertz CT molecular complexity index is 836. The van der Waals surface area contributed by atoms with E-state index in [0.717, 1.165) is 24.0 Å². The van der Waals surface area contributed by atoms with E-state index in [1.54, 1.807) is 36.7 Å². The van der Waals surface area contributed by atoms with Crippen LogP contribution >= 0.6 is 0 Å². The van der Waals surface area contributed by atoms with Crippen LogP contribution in [-0.2, 0) is 6.18 Å². The number of carbonyl (C=O) groups excluding carboxylic acids is 1. The number of rotatable bonds is 3. The number of halogens is 3. The molecule has 6 heteroatoms. The van der Waals surface area contributed by atoms with Gasteiger partial charge in [-0.25, -0.2) is 4.68 Å². The number of hydrogen-bond acceptors (Lipinski definition) is 2. The number of hydrogen-bond donors (Lipinski definition) is 0. The molecular formula is C17H11F3N2O. The van der Waals surface area contributed by atoms with Crippen LogP contribution in [0.2, 0.25) is 0 Å². The second-order valence-corrected chi connectivity index (χ2v) is 4.92. The molecule has 116 valence electrons. The Morgan fingerprint density at radius 3 is 2.35 bits per heavy atom. The molecule has 0 bridgehead atoms. The minimum atomic E-state index is -4.36. The predicted octanol–water partition coefficient (Wildman–Crippen LogP) is 4.37. The highest BCUT2D eigenvalue weighted by atomic mass is 19.4. The molecule has 0 aliphatic carbocycles. The van der Waals surface area contributed by atoms with Crippen molar-refractivity contribution in [2.45, 2.75) is 6.18 Å². The van der Waals surface area contributed by atoms with Crippen molar-refractivity contribution in [2.75, 3.05) is 0 Å². The summed E-state index contributed by atoms with van der Waals surface area (Å²) in [5.41, 5.74) is 1.76. The number of carbonyl (C=O) groups is 1. The molecule has 0 amide bonds. The second-order valence-electron chi connectivity index (χ2n) is 4.92. The zero-order valence-electron chi connectivity index (χ0n) is 11.8. The normalized spacial score (nSPS) is 11.4. The highest BCUT2D eigenvalue weighted by molar-refractivity contribution is 5.87. The first-order valence-electron chi connectivity index (χ1n) is 6.76. The van der Waals surface area contributed by atoms with Gasteiger partial charge in [-0.2, -0.15) is 18.3 Å². The van der Waals surface area contributed by atoms with Gasteiger partial charge in [-0.3, -0.25) is 4.79 Å². The van der Waals surface area contributed by atoms with Crippen LogP contribution in [0.1, 0.15) is 15.9 Å². The van der Waals surface area contributed by atoms with E-state index < -0.39 is 11.7 Å². The van der Waals surface area contributed by atoms with Gasteiger partial charge < -0.3 is 0 Å². The first-order valence-corrected chi connectivity index (χ1v) is 6.76. The van der Waals surface area contributed by atoms with Gasteiger partial charge >= 0.3 is 6.18 Å². The Morgan fingerprint density at radius 1 is 1.00 bits per heavy atom. The average molecular weight is 316 g/mol. The van der Waals surface area contributed by atoms with Gasteiger partial charge in [0.2, 0.25) is 0 Å². The third-order valence-corrected chi connectivity index (χ3v) is 3.44. The van der Waals surface area contributed by atoms with Gasteiger partial charge in [0.25, 0.3) is 0 Å². The molecular weight excluding hydrogens is 305 g/mol. The molecule has 3 nitrogen and oxygen atoms in total. The van der Waals surface area contributed by atoms with Gasteiger partial charge in [-0.1, -0.05) is 24.3 Å². The van der Waals surface area contributed by atoms with Crippen molar-refractivity contribution in [1.82, 2.24) is 9.78 Å². The largest absolute Gasteiger partial charge is 0.416 e. The maximum absolute atomic E-state index is 12.6. The minimum absolute atomic E-state index is 0.507. The predicted molar refractivity (Wildman–Crippen MR) is 79.4 cm³/mol. The highest BCUT2D eigenvalue weighted by Gasteiger charge is 2.30. The van der Waals surface area contributed by atoms with Crippen molar-refractivity contribution >= 4 is 6.29 Å². The summed E-state index contributed by atoms with van der Waals surface area (Å²) in [5, 5.41) is 4.15. The van der Waals surface area contributed by atoms with Crippen LogP contribution in [0.5, 0.6) is 0 Å². The van der Waals surface area contributed by atoms with Crippen LogP contribution < -0.4 is 0 Å². The maximum atomic E-state index is 12.6. The fraction of sp³-hybridized carbons (Fsp3) is 0.0588. The average Bonchev–Trinajstić information content (AvgIpc) is 3.04. The Balaban J connectivity index is 1.95. The molecule has 2 aromatic carbocycles. The van der Waals surface area contributed by atoms with Crippen molar-refractivity contribution in [3.63, 3.8) is 0 Å². The molecule has 0 spiro atoms. The minimum Gasteiger partial charge on any atom is -0.298 e. The zero-order valence-corrected chi connectivity index (χ0v) is 11.8. The smallest absolute Gasteiger partial charge is 0.298 e. The molecule has 0 fully saturated rings. The standard InChI is InChI=1S/C17H11F3N2O/c18-17(19,20)14-5-7-15(8-6-14)22-10-13(9-21-22)16-4-2-1-3-12(16)11-23/h1-11H. The van der Waals surface area contributed by atoms with Gasteiger partial charge in [0.15, 0.2) is 6.29 Å². The van der Waals surface area contributed by atoms with E-state index in [4.69, 9.17) is 0 Å². The van der Waals surface area contributed by atoms with Crippen molar-refractivity contribution in [2.24, 2.45) is 0 Å². The van der Waals surface area contributed by atoms with Crippen molar-refractivity contribution in [1.29, 1.82) is 0 Å². The van der Waals surface area contributed by atoms with Crippen LogP contribution in [0, 0.1) is 0 Å². The summed E-state index contributed by atoms with van der Waals surface area (Å²) in [6, 6.07) is 11.8. The quantitative estimate of drug-likeness (QED) is 0.673. The Labute approximate surface area is 130 Å². The molecule has 3 rings (SSSR count). The lowest BCUT2D eigenvalue weighted by molar-refractivity contribution is -0.137. The lowest BCUT2D eigenvalue weighted by atomic mass is 10.0. The number of benzene rings is 2. The summed E-state index contributed by atoms with van der Waals surface area (Å²) >= 11 is 0. The molecule has 0 atom stereocenters. The summed E-state index contributed by atoms with van der Waals surface area (Å²) in [5.74, 6) is 0. The van der Waals surface area contributed by atoms with Gasteiger partial charge in [-0.15, -0.1) is 0 Å². The van der Waals surface area contributed by atoms with Crippen molar-refractivity contribution < 1.29 is 18.0 Å². The maximum Gasteiger partial charge on any atom is 0.416 e. The van der Waals surface area contributed by atoms with Crippen LogP contribution in [0.15, 0.2) is 60.9 Å². The molecule has 0 aliphatic heterocycles. The molecule has 3 aromatic rings. The molecule has 1 aromatic heterocycles. The summed E-state index contributed by atoms with van der Waals surface area (Å²) in [6.07, 6.45) is -0.369. The SMILES string of the molecule is O=Cc1ccccc1-c1cnn(-c2ccc(C(F)(F)F)cc2)c1. The molecule has 0 unspecified atom stereocenters. The van der Waals surface area contributed by atoms with Crippen LogP contribution in [0.4, 0.5) is 13.2 Å². The van der Waals surface area contributed by atoms with E-state index >= 15 is 0 Å². The van der Waals surface area contributed by atoms with E-state index in [0.29, 0.717) is 16.8 Å². The summed E-state index contributed by atoms with van der Waals surface area (Å²) in [6.45, 7) is 0. The van der Waals surface area contributed by atoms with Gasteiger partial charge in [-0.05, 0) is 29.8 Å². The van der Waals surface area contributed by atoms with Crippen LogP contribution in [0.25, 0.3) is 16.8 Å². The molecule has 23 heavy (non-hydrogen) atoms. The number of aldehydes is 1. The van der Waals surface area contributed by atoms with E-state index in [9.17, 15) is 18.0 Å². The van der Waals surface area contributed by atoms with Gasteiger partial charge in [0.05, 0.1) is 17.4 Å².